The molecule has 0 saturated carbocycles. The normalized spacial score (nSPS) is 12.3. The highest BCUT2D eigenvalue weighted by Crippen LogP contribution is 2.14. The molecule has 1 atom stereocenters. The number of halogens is 1. The van der Waals surface area contributed by atoms with Crippen LogP contribution in [0.2, 0.25) is 0 Å². The maximum absolute atomic E-state index is 11.7. The summed E-state index contributed by atoms with van der Waals surface area (Å²) in [5, 5.41) is 18.9. The molecule has 29 heavy (non-hydrogen) atoms. The molecule has 1 aromatic rings. The molecule has 1 rings (SSSR count). The first-order valence-corrected chi connectivity index (χ1v) is 10.5. The summed E-state index contributed by atoms with van der Waals surface area (Å²) in [6.07, 6.45) is 3.26. The molecule has 7 heteroatoms. The minimum Gasteiger partial charge on any atom is -0.396 e. The number of benzene rings is 1. The van der Waals surface area contributed by atoms with Gasteiger partial charge in [-0.1, -0.05) is 32.9 Å². The van der Waals surface area contributed by atoms with Gasteiger partial charge < -0.3 is 21.1 Å². The summed E-state index contributed by atoms with van der Waals surface area (Å²) in [5.41, 5.74) is 1.90. The Kier molecular flexibility index (Phi) is 15.7. The van der Waals surface area contributed by atoms with E-state index in [0.29, 0.717) is 24.8 Å². The summed E-state index contributed by atoms with van der Waals surface area (Å²) in [6.45, 7) is 10.8. The van der Waals surface area contributed by atoms with E-state index in [4.69, 9.17) is 0 Å². The van der Waals surface area contributed by atoms with Crippen molar-refractivity contribution >= 4 is 41.5 Å². The van der Waals surface area contributed by atoms with Crippen molar-refractivity contribution in [2.45, 2.75) is 59.9 Å². The molecule has 4 N–H and O–H groups in total. The number of nitrogens with one attached hydrogen (secondary N) is 3. The zero-order chi connectivity index (χ0) is 20.8. The van der Waals surface area contributed by atoms with Crippen LogP contribution in [-0.2, 0) is 11.3 Å². The van der Waals surface area contributed by atoms with Gasteiger partial charge in [0.05, 0.1) is 6.54 Å². The zero-order valence-corrected chi connectivity index (χ0v) is 20.7. The number of carbonyl (C=O) groups is 1. The number of rotatable bonds is 12. The Labute approximate surface area is 193 Å². The Morgan fingerprint density at radius 2 is 1.83 bits per heavy atom. The lowest BCUT2D eigenvalue weighted by Crippen LogP contribution is -2.40. The molecule has 0 aliphatic carbocycles. The molecule has 0 spiro atoms. The van der Waals surface area contributed by atoms with Gasteiger partial charge in [0.15, 0.2) is 5.96 Å². The number of guanidine groups is 1. The molecule has 0 aromatic heterocycles. The lowest BCUT2D eigenvalue weighted by atomic mass is 9.94. The molecule has 1 unspecified atom stereocenters. The molecule has 0 aliphatic heterocycles. The van der Waals surface area contributed by atoms with Gasteiger partial charge in [0.1, 0.15) is 0 Å². The van der Waals surface area contributed by atoms with Crippen LogP contribution in [0.1, 0.15) is 58.9 Å². The maximum Gasteiger partial charge on any atom is 0.224 e. The minimum absolute atomic E-state index is 0. The van der Waals surface area contributed by atoms with E-state index in [1.807, 2.05) is 38.1 Å². The quantitative estimate of drug-likeness (QED) is 0.190. The van der Waals surface area contributed by atoms with E-state index in [1.165, 1.54) is 0 Å². The Morgan fingerprint density at radius 3 is 2.38 bits per heavy atom. The van der Waals surface area contributed by atoms with E-state index in [2.05, 4.69) is 34.8 Å². The van der Waals surface area contributed by atoms with Gasteiger partial charge in [-0.15, -0.1) is 24.0 Å². The molecule has 1 amide bonds. The van der Waals surface area contributed by atoms with Crippen molar-refractivity contribution in [3.05, 3.63) is 29.8 Å². The summed E-state index contributed by atoms with van der Waals surface area (Å²) in [5.74, 6) is 1.87. The van der Waals surface area contributed by atoms with E-state index >= 15 is 0 Å². The minimum atomic E-state index is 0. The number of nitrogens with zero attached hydrogens (tertiary/aromatic N) is 1. The van der Waals surface area contributed by atoms with Crippen molar-refractivity contribution in [2.24, 2.45) is 16.8 Å². The molecule has 0 aliphatic rings. The second-order valence-corrected chi connectivity index (χ2v) is 7.58. The highest BCUT2D eigenvalue weighted by atomic mass is 127. The van der Waals surface area contributed by atoms with Gasteiger partial charge in [-0.05, 0) is 55.7 Å². The van der Waals surface area contributed by atoms with Crippen molar-refractivity contribution < 1.29 is 9.90 Å². The van der Waals surface area contributed by atoms with E-state index < -0.39 is 0 Å². The van der Waals surface area contributed by atoms with Crippen LogP contribution in [0.25, 0.3) is 0 Å². The van der Waals surface area contributed by atoms with Gasteiger partial charge in [-0.2, -0.15) is 0 Å². The average Bonchev–Trinajstić information content (AvgIpc) is 2.65. The SMILES string of the molecule is CCCC(=O)Nc1ccc(CN=C(NCC)NCC(CCO)CC(C)C)cc1.I. The summed E-state index contributed by atoms with van der Waals surface area (Å²) >= 11 is 0. The fourth-order valence-corrected chi connectivity index (χ4v) is 3.05. The second-order valence-electron chi connectivity index (χ2n) is 7.58. The van der Waals surface area contributed by atoms with Crippen LogP contribution >= 0.6 is 24.0 Å². The molecular formula is C22H39IN4O2. The summed E-state index contributed by atoms with van der Waals surface area (Å²) in [6, 6.07) is 7.81. The predicted octanol–water partition coefficient (Wildman–Crippen LogP) is 4.14. The third kappa shape index (κ3) is 12.7. The molecule has 166 valence electrons. The van der Waals surface area contributed by atoms with Crippen molar-refractivity contribution in [1.82, 2.24) is 10.6 Å². The Bertz CT molecular complexity index is 591. The first-order chi connectivity index (χ1) is 13.5. The first-order valence-electron chi connectivity index (χ1n) is 10.5. The molecular weight excluding hydrogens is 479 g/mol. The second kappa shape index (κ2) is 16.4. The highest BCUT2D eigenvalue weighted by molar-refractivity contribution is 14.0. The number of amides is 1. The lowest BCUT2D eigenvalue weighted by Gasteiger charge is -2.20. The Hall–Kier alpha value is -1.35. The number of aliphatic hydroxyl groups is 1. The van der Waals surface area contributed by atoms with Crippen molar-refractivity contribution in [2.75, 3.05) is 25.0 Å². The van der Waals surface area contributed by atoms with Crippen LogP contribution in [0.4, 0.5) is 5.69 Å². The van der Waals surface area contributed by atoms with Crippen LogP contribution in [0.15, 0.2) is 29.3 Å². The lowest BCUT2D eigenvalue weighted by molar-refractivity contribution is -0.116. The van der Waals surface area contributed by atoms with E-state index in [9.17, 15) is 9.90 Å². The van der Waals surface area contributed by atoms with Gasteiger partial charge >= 0.3 is 0 Å². The van der Waals surface area contributed by atoms with E-state index in [-0.39, 0.29) is 36.5 Å². The number of aliphatic hydroxyl groups excluding tert-OH is 1. The molecule has 0 heterocycles. The van der Waals surface area contributed by atoms with Crippen LogP contribution in [0.3, 0.4) is 0 Å². The van der Waals surface area contributed by atoms with Gasteiger partial charge in [-0.25, -0.2) is 4.99 Å². The van der Waals surface area contributed by atoms with Crippen LogP contribution in [0, 0.1) is 11.8 Å². The molecule has 1 aromatic carbocycles. The number of hydrogen-bond acceptors (Lipinski definition) is 3. The van der Waals surface area contributed by atoms with Gasteiger partial charge in [0.2, 0.25) is 5.91 Å². The van der Waals surface area contributed by atoms with Crippen molar-refractivity contribution in [1.29, 1.82) is 0 Å². The third-order valence-corrected chi connectivity index (χ3v) is 4.38. The Morgan fingerprint density at radius 1 is 1.14 bits per heavy atom. The number of carbonyl (C=O) groups excluding carboxylic acids is 1. The van der Waals surface area contributed by atoms with Crippen molar-refractivity contribution in [3.8, 4) is 0 Å². The molecule has 0 fully saturated rings. The van der Waals surface area contributed by atoms with Gasteiger partial charge in [-0.3, -0.25) is 4.79 Å². The van der Waals surface area contributed by atoms with Crippen molar-refractivity contribution in [3.63, 3.8) is 0 Å². The predicted molar refractivity (Wildman–Crippen MR) is 133 cm³/mol. The smallest absolute Gasteiger partial charge is 0.224 e. The van der Waals surface area contributed by atoms with E-state index in [0.717, 1.165) is 49.6 Å². The summed E-state index contributed by atoms with van der Waals surface area (Å²) < 4.78 is 0. The topological polar surface area (TPSA) is 85.8 Å². The monoisotopic (exact) mass is 518 g/mol. The van der Waals surface area contributed by atoms with Crippen LogP contribution in [-0.4, -0.2) is 36.7 Å². The maximum atomic E-state index is 11.7. The highest BCUT2D eigenvalue weighted by Gasteiger charge is 2.11. The molecule has 0 radical (unpaired) electrons. The van der Waals surface area contributed by atoms with E-state index in [1.54, 1.807) is 0 Å². The molecule has 0 bridgehead atoms. The number of anilines is 1. The standard InChI is InChI=1S/C22H38N4O2.HI/c1-5-7-21(28)26-20-10-8-18(9-11-20)15-24-22(23-6-2)25-16-19(12-13-27)14-17(3)4;/h8-11,17,19,27H,5-7,12-16H2,1-4H3,(H,26,28)(H2,23,24,25);1H. The fourth-order valence-electron chi connectivity index (χ4n) is 3.05. The summed E-state index contributed by atoms with van der Waals surface area (Å²) in [7, 11) is 0. The first kappa shape index (κ1) is 27.6. The van der Waals surface area contributed by atoms with Gasteiger partial charge in [0, 0.05) is 31.8 Å². The summed E-state index contributed by atoms with van der Waals surface area (Å²) in [4.78, 5) is 16.3. The zero-order valence-electron chi connectivity index (χ0n) is 18.3. The largest absolute Gasteiger partial charge is 0.396 e. The fraction of sp³-hybridized carbons (Fsp3) is 0.636. The third-order valence-electron chi connectivity index (χ3n) is 4.38. The molecule has 0 saturated heterocycles. The van der Waals surface area contributed by atoms with Crippen LogP contribution in [0.5, 0.6) is 0 Å². The number of hydrogen-bond donors (Lipinski definition) is 4. The Balaban J connectivity index is 0.00000784. The van der Waals surface area contributed by atoms with Crippen LogP contribution < -0.4 is 16.0 Å². The number of aliphatic imine (C=N–C) groups is 1. The van der Waals surface area contributed by atoms with Gasteiger partial charge in [0.25, 0.3) is 0 Å². The molecule has 6 nitrogen and oxygen atoms in total. The average molecular weight is 518 g/mol.